The lowest BCUT2D eigenvalue weighted by atomic mass is 10.3. The molecule has 1 heterocycles. The van der Waals surface area contributed by atoms with Gasteiger partial charge in [-0.25, -0.2) is 0 Å². The largest absolute Gasteiger partial charge is 0.494 e. The van der Waals surface area contributed by atoms with Gasteiger partial charge in [0.15, 0.2) is 6.10 Å². The molecule has 1 aromatic heterocycles. The molecule has 0 aliphatic heterocycles. The predicted molar refractivity (Wildman–Crippen MR) is 92.6 cm³/mol. The lowest BCUT2D eigenvalue weighted by molar-refractivity contribution is -0.128. The smallest absolute Gasteiger partial charge is 0.279 e. The Balaban J connectivity index is 1.82. The first-order chi connectivity index (χ1) is 11.5. The fraction of sp³-hybridized carbons (Fsp3) is 0.250. The Hall–Kier alpha value is -2.25. The lowest BCUT2D eigenvalue weighted by Crippen LogP contribution is -2.47. The van der Waals surface area contributed by atoms with Crippen molar-refractivity contribution in [2.75, 3.05) is 6.61 Å². The van der Waals surface area contributed by atoms with Gasteiger partial charge in [-0.3, -0.25) is 20.4 Å². The van der Waals surface area contributed by atoms with E-state index < -0.39 is 17.9 Å². The van der Waals surface area contributed by atoms with E-state index in [0.717, 1.165) is 17.1 Å². The zero-order chi connectivity index (χ0) is 17.5. The second-order valence-corrected chi connectivity index (χ2v) is 6.43. The number of hydrogen-bond acceptors (Lipinski definition) is 5. The van der Waals surface area contributed by atoms with Crippen LogP contribution in [0.3, 0.4) is 0 Å². The molecule has 24 heavy (non-hydrogen) atoms. The van der Waals surface area contributed by atoms with E-state index in [-0.39, 0.29) is 0 Å². The first kappa shape index (κ1) is 18.1. The van der Waals surface area contributed by atoms with Crippen LogP contribution in [0.4, 0.5) is 0 Å². The molecule has 2 N–H and O–H groups in total. The van der Waals surface area contributed by atoms with Crippen molar-refractivity contribution in [1.29, 1.82) is 0 Å². The predicted octanol–water partition coefficient (Wildman–Crippen LogP) is 3.03. The van der Waals surface area contributed by atoms with E-state index in [1.165, 1.54) is 0 Å². The van der Waals surface area contributed by atoms with E-state index in [0.29, 0.717) is 21.6 Å². The van der Waals surface area contributed by atoms with Gasteiger partial charge < -0.3 is 9.47 Å². The fourth-order valence-electron chi connectivity index (χ4n) is 1.76. The van der Waals surface area contributed by atoms with Crippen LogP contribution in [0.25, 0.3) is 0 Å². The average Bonchev–Trinajstić information content (AvgIpc) is 3.01. The average molecular weight is 369 g/mol. The zero-order valence-corrected chi connectivity index (χ0v) is 14.7. The number of carbonyl (C=O) groups is 2. The number of hydrazine groups is 1. The molecule has 0 bridgehead atoms. The van der Waals surface area contributed by atoms with E-state index in [1.807, 2.05) is 6.92 Å². The molecule has 8 heteroatoms. The third-order valence-electron chi connectivity index (χ3n) is 2.91. The Morgan fingerprint density at radius 1 is 1.12 bits per heavy atom. The maximum absolute atomic E-state index is 12.0. The normalized spacial score (nSPS) is 11.5. The minimum atomic E-state index is -0.782. The van der Waals surface area contributed by atoms with Crippen molar-refractivity contribution >= 4 is 34.8 Å². The van der Waals surface area contributed by atoms with Crippen LogP contribution >= 0.6 is 22.9 Å². The van der Waals surface area contributed by atoms with E-state index in [1.54, 1.807) is 43.3 Å². The molecule has 0 saturated heterocycles. The Morgan fingerprint density at radius 2 is 1.79 bits per heavy atom. The zero-order valence-electron chi connectivity index (χ0n) is 13.2. The van der Waals surface area contributed by atoms with Crippen LogP contribution in [0.2, 0.25) is 4.34 Å². The van der Waals surface area contributed by atoms with Gasteiger partial charge in [0.05, 0.1) is 15.8 Å². The number of thiophene rings is 1. The van der Waals surface area contributed by atoms with Crippen molar-refractivity contribution in [1.82, 2.24) is 10.9 Å². The number of rotatable bonds is 6. The van der Waals surface area contributed by atoms with Crippen molar-refractivity contribution in [2.24, 2.45) is 0 Å². The Kier molecular flexibility index (Phi) is 6.45. The molecule has 2 amide bonds. The molecule has 0 radical (unpaired) electrons. The van der Waals surface area contributed by atoms with Crippen molar-refractivity contribution in [3.05, 3.63) is 45.6 Å². The number of amides is 2. The molecule has 0 fully saturated rings. The summed E-state index contributed by atoms with van der Waals surface area (Å²) < 4.78 is 11.3. The summed E-state index contributed by atoms with van der Waals surface area (Å²) >= 11 is 6.88. The molecule has 1 aromatic carbocycles. The second-order valence-electron chi connectivity index (χ2n) is 4.71. The second kappa shape index (κ2) is 8.56. The van der Waals surface area contributed by atoms with Crippen LogP contribution in [0.5, 0.6) is 11.5 Å². The number of halogens is 1. The molecule has 2 aromatic rings. The summed E-state index contributed by atoms with van der Waals surface area (Å²) in [6, 6.07) is 10.1. The molecule has 128 valence electrons. The highest BCUT2D eigenvalue weighted by molar-refractivity contribution is 7.17. The van der Waals surface area contributed by atoms with Gasteiger partial charge in [0, 0.05) is 0 Å². The molecular formula is C16H17ClN2O4S. The Bertz CT molecular complexity index is 702. The lowest BCUT2D eigenvalue weighted by Gasteiger charge is -2.15. The van der Waals surface area contributed by atoms with E-state index >= 15 is 0 Å². The SMILES string of the molecule is CCOc1ccc(O[C@H](C)C(=O)NNC(=O)c2ccc(Cl)s2)cc1. The number of ether oxygens (including phenoxy) is 2. The van der Waals surface area contributed by atoms with Crippen LogP contribution in [-0.2, 0) is 4.79 Å². The third kappa shape index (κ3) is 5.14. The molecule has 6 nitrogen and oxygen atoms in total. The standard InChI is InChI=1S/C16H17ClN2O4S/c1-3-22-11-4-6-12(7-5-11)23-10(2)15(20)18-19-16(21)13-8-9-14(17)24-13/h4-10H,3H2,1-2H3,(H,18,20)(H,19,21)/t10-/m1/s1. The molecule has 0 aliphatic rings. The third-order valence-corrected chi connectivity index (χ3v) is 4.14. The highest BCUT2D eigenvalue weighted by Gasteiger charge is 2.16. The highest BCUT2D eigenvalue weighted by Crippen LogP contribution is 2.21. The van der Waals surface area contributed by atoms with Crippen LogP contribution in [-0.4, -0.2) is 24.5 Å². The Morgan fingerprint density at radius 3 is 2.38 bits per heavy atom. The number of hydrogen-bond donors (Lipinski definition) is 2. The minimum absolute atomic E-state index is 0.403. The summed E-state index contributed by atoms with van der Waals surface area (Å²) in [5.41, 5.74) is 4.64. The van der Waals surface area contributed by atoms with Crippen LogP contribution in [0.15, 0.2) is 36.4 Å². The highest BCUT2D eigenvalue weighted by atomic mass is 35.5. The maximum atomic E-state index is 12.0. The topological polar surface area (TPSA) is 76.7 Å². The van der Waals surface area contributed by atoms with E-state index in [4.69, 9.17) is 21.1 Å². The molecule has 2 rings (SSSR count). The number of nitrogens with one attached hydrogen (secondary N) is 2. The minimum Gasteiger partial charge on any atom is -0.494 e. The summed E-state index contributed by atoms with van der Waals surface area (Å²) in [5, 5.41) is 0. The van der Waals surface area contributed by atoms with Crippen LogP contribution < -0.4 is 20.3 Å². The summed E-state index contributed by atoms with van der Waals surface area (Å²) in [5.74, 6) is 0.342. The Labute approximate surface area is 148 Å². The summed E-state index contributed by atoms with van der Waals surface area (Å²) in [7, 11) is 0. The monoisotopic (exact) mass is 368 g/mol. The van der Waals surface area contributed by atoms with Crippen molar-refractivity contribution in [3.8, 4) is 11.5 Å². The van der Waals surface area contributed by atoms with Crippen molar-refractivity contribution in [2.45, 2.75) is 20.0 Å². The van der Waals surface area contributed by atoms with Gasteiger partial charge in [-0.1, -0.05) is 11.6 Å². The van der Waals surface area contributed by atoms with Gasteiger partial charge in [-0.15, -0.1) is 11.3 Å². The van der Waals surface area contributed by atoms with Crippen molar-refractivity contribution < 1.29 is 19.1 Å². The molecule has 0 unspecified atom stereocenters. The summed E-state index contributed by atoms with van der Waals surface area (Å²) in [4.78, 5) is 24.2. The number of carbonyl (C=O) groups excluding carboxylic acids is 2. The summed E-state index contributed by atoms with van der Waals surface area (Å²) in [6.45, 7) is 4.06. The molecule has 0 aliphatic carbocycles. The van der Waals surface area contributed by atoms with Gasteiger partial charge in [0.2, 0.25) is 0 Å². The van der Waals surface area contributed by atoms with Crippen LogP contribution in [0, 0.1) is 0 Å². The summed E-state index contributed by atoms with van der Waals surface area (Å²) in [6.07, 6.45) is -0.782. The molecule has 0 saturated carbocycles. The van der Waals surface area contributed by atoms with Gasteiger partial charge in [-0.05, 0) is 50.2 Å². The fourth-order valence-corrected chi connectivity index (χ4v) is 2.70. The molecule has 1 atom stereocenters. The maximum Gasteiger partial charge on any atom is 0.279 e. The molecule has 0 spiro atoms. The van der Waals surface area contributed by atoms with E-state index in [2.05, 4.69) is 10.9 Å². The van der Waals surface area contributed by atoms with Crippen molar-refractivity contribution in [3.63, 3.8) is 0 Å². The van der Waals surface area contributed by atoms with Gasteiger partial charge in [-0.2, -0.15) is 0 Å². The van der Waals surface area contributed by atoms with Gasteiger partial charge >= 0.3 is 0 Å². The van der Waals surface area contributed by atoms with Crippen LogP contribution in [0.1, 0.15) is 23.5 Å². The first-order valence-corrected chi connectivity index (χ1v) is 8.44. The van der Waals surface area contributed by atoms with Gasteiger partial charge in [0.25, 0.3) is 11.8 Å². The first-order valence-electron chi connectivity index (χ1n) is 7.24. The van der Waals surface area contributed by atoms with Gasteiger partial charge in [0.1, 0.15) is 11.5 Å². The molecular weight excluding hydrogens is 352 g/mol. The number of benzene rings is 1. The quantitative estimate of drug-likeness (QED) is 0.768. The van der Waals surface area contributed by atoms with E-state index in [9.17, 15) is 9.59 Å².